The summed E-state index contributed by atoms with van der Waals surface area (Å²) in [5.41, 5.74) is 2.22. The average molecular weight is 280 g/mol. The molecule has 0 spiro atoms. The molecule has 1 aliphatic heterocycles. The first-order valence-corrected chi connectivity index (χ1v) is 7.47. The third kappa shape index (κ3) is 3.42. The lowest BCUT2D eigenvalue weighted by molar-refractivity contribution is -0.131. The number of benzene rings is 1. The van der Waals surface area contributed by atoms with Gasteiger partial charge in [-0.3, -0.25) is 10.1 Å². The predicted octanol–water partition coefficient (Wildman–Crippen LogP) is 1.62. The lowest BCUT2D eigenvalue weighted by Gasteiger charge is -2.21. The molecule has 0 unspecified atom stereocenters. The predicted molar refractivity (Wildman–Crippen MR) is 78.5 cm³/mol. The van der Waals surface area contributed by atoms with Crippen LogP contribution in [-0.2, 0) is 11.3 Å². The Labute approximate surface area is 118 Å². The van der Waals surface area contributed by atoms with Crippen LogP contribution >= 0.6 is 11.8 Å². The Bertz CT molecular complexity index is 459. The van der Waals surface area contributed by atoms with Crippen LogP contribution in [-0.4, -0.2) is 42.6 Å². The summed E-state index contributed by atoms with van der Waals surface area (Å²) in [6, 6.07) is 5.99. The van der Waals surface area contributed by atoms with Gasteiger partial charge in [0.1, 0.15) is 5.75 Å². The number of methoxy groups -OCH3 is 1. The summed E-state index contributed by atoms with van der Waals surface area (Å²) in [6.07, 6.45) is 0. The first-order chi connectivity index (χ1) is 9.11. The van der Waals surface area contributed by atoms with Crippen LogP contribution in [0.15, 0.2) is 18.2 Å². The molecule has 1 heterocycles. The van der Waals surface area contributed by atoms with Crippen LogP contribution in [0.4, 0.5) is 0 Å². The van der Waals surface area contributed by atoms with Crippen molar-refractivity contribution in [3.05, 3.63) is 29.3 Å². The van der Waals surface area contributed by atoms with E-state index in [2.05, 4.69) is 11.4 Å². The Morgan fingerprint density at radius 3 is 2.95 bits per heavy atom. The van der Waals surface area contributed by atoms with Gasteiger partial charge in [0.05, 0.1) is 13.2 Å². The molecule has 1 atom stereocenters. The van der Waals surface area contributed by atoms with Gasteiger partial charge >= 0.3 is 0 Å². The maximum absolute atomic E-state index is 12.2. The number of rotatable bonds is 4. The fourth-order valence-electron chi connectivity index (χ4n) is 2.21. The molecule has 1 aliphatic rings. The molecule has 1 aromatic rings. The molecule has 4 nitrogen and oxygen atoms in total. The van der Waals surface area contributed by atoms with Gasteiger partial charge in [0.2, 0.25) is 5.91 Å². The van der Waals surface area contributed by atoms with E-state index in [0.717, 1.165) is 28.5 Å². The molecule has 2 rings (SSSR count). The second-order valence-corrected chi connectivity index (χ2v) is 5.80. The van der Waals surface area contributed by atoms with Gasteiger partial charge in [-0.05, 0) is 24.1 Å². The zero-order chi connectivity index (χ0) is 13.8. The monoisotopic (exact) mass is 280 g/mol. The van der Waals surface area contributed by atoms with Gasteiger partial charge in [0, 0.05) is 25.2 Å². The summed E-state index contributed by atoms with van der Waals surface area (Å²) in [6.45, 7) is 2.64. The minimum atomic E-state index is -0.0330. The number of carbonyl (C=O) groups excluding carboxylic acids is 1. The smallest absolute Gasteiger partial charge is 0.240 e. The van der Waals surface area contributed by atoms with Gasteiger partial charge in [-0.15, -0.1) is 11.8 Å². The minimum absolute atomic E-state index is 0.0330. The second kappa shape index (κ2) is 6.30. The quantitative estimate of drug-likeness (QED) is 0.910. The molecule has 1 aromatic carbocycles. The summed E-state index contributed by atoms with van der Waals surface area (Å²) >= 11 is 1.77. The number of ether oxygens (including phenoxy) is 1. The molecule has 5 heteroatoms. The molecule has 19 heavy (non-hydrogen) atoms. The van der Waals surface area contributed by atoms with Gasteiger partial charge in [0.15, 0.2) is 0 Å². The Kier molecular flexibility index (Phi) is 4.71. The topological polar surface area (TPSA) is 41.6 Å². The molecular formula is C14H20N2O2S. The maximum Gasteiger partial charge on any atom is 0.240 e. The van der Waals surface area contributed by atoms with Crippen LogP contribution in [0.25, 0.3) is 0 Å². The van der Waals surface area contributed by atoms with Crippen molar-refractivity contribution in [2.24, 2.45) is 0 Å². The average Bonchev–Trinajstić information content (AvgIpc) is 2.92. The van der Waals surface area contributed by atoms with Crippen molar-refractivity contribution >= 4 is 17.7 Å². The molecule has 0 aliphatic carbocycles. The van der Waals surface area contributed by atoms with E-state index in [1.54, 1.807) is 23.8 Å². The first kappa shape index (κ1) is 14.2. The van der Waals surface area contributed by atoms with Crippen molar-refractivity contribution in [2.45, 2.75) is 19.5 Å². The van der Waals surface area contributed by atoms with Crippen LogP contribution < -0.4 is 10.1 Å². The first-order valence-electron chi connectivity index (χ1n) is 6.31. The van der Waals surface area contributed by atoms with Gasteiger partial charge in [-0.2, -0.15) is 0 Å². The zero-order valence-corrected chi connectivity index (χ0v) is 12.4. The highest BCUT2D eigenvalue weighted by Crippen LogP contribution is 2.20. The van der Waals surface area contributed by atoms with E-state index in [1.807, 2.05) is 26.1 Å². The highest BCUT2D eigenvalue weighted by molar-refractivity contribution is 7.99. The van der Waals surface area contributed by atoms with Gasteiger partial charge in [-0.25, -0.2) is 0 Å². The highest BCUT2D eigenvalue weighted by atomic mass is 32.2. The lowest BCUT2D eigenvalue weighted by atomic mass is 10.1. The van der Waals surface area contributed by atoms with Crippen LogP contribution in [0, 0.1) is 6.92 Å². The number of carbonyl (C=O) groups is 1. The Morgan fingerprint density at radius 1 is 1.58 bits per heavy atom. The van der Waals surface area contributed by atoms with E-state index in [1.165, 1.54) is 0 Å². The molecule has 1 saturated heterocycles. The van der Waals surface area contributed by atoms with Crippen molar-refractivity contribution < 1.29 is 9.53 Å². The van der Waals surface area contributed by atoms with Crippen LogP contribution in [0.5, 0.6) is 5.75 Å². The summed E-state index contributed by atoms with van der Waals surface area (Å²) in [7, 11) is 3.52. The number of thioether (sulfide) groups is 1. The minimum Gasteiger partial charge on any atom is -0.496 e. The molecule has 0 radical (unpaired) electrons. The summed E-state index contributed by atoms with van der Waals surface area (Å²) in [4.78, 5) is 14.0. The largest absolute Gasteiger partial charge is 0.496 e. The number of hydrogen-bond donors (Lipinski definition) is 1. The van der Waals surface area contributed by atoms with Crippen LogP contribution in [0.2, 0.25) is 0 Å². The third-order valence-corrected chi connectivity index (χ3v) is 4.21. The molecule has 0 saturated carbocycles. The lowest BCUT2D eigenvalue weighted by Crippen LogP contribution is -2.42. The summed E-state index contributed by atoms with van der Waals surface area (Å²) in [5.74, 6) is 2.78. The Balaban J connectivity index is 1.99. The zero-order valence-electron chi connectivity index (χ0n) is 11.6. The van der Waals surface area contributed by atoms with Gasteiger partial charge < -0.3 is 9.64 Å². The molecule has 104 valence electrons. The van der Waals surface area contributed by atoms with Crippen molar-refractivity contribution in [3.8, 4) is 5.75 Å². The van der Waals surface area contributed by atoms with E-state index in [0.29, 0.717) is 6.54 Å². The van der Waals surface area contributed by atoms with Crippen LogP contribution in [0.3, 0.4) is 0 Å². The standard InChI is InChI=1S/C14H20N2O2S/c1-10-6-11(4-5-13(10)18-3)7-16(2)14(17)12-8-19-9-15-12/h4-6,12,15H,7-9H2,1-3H3/t12-/m1/s1. The molecule has 1 amide bonds. The van der Waals surface area contributed by atoms with E-state index in [9.17, 15) is 4.79 Å². The number of amides is 1. The summed E-state index contributed by atoms with van der Waals surface area (Å²) < 4.78 is 5.24. The molecular weight excluding hydrogens is 260 g/mol. The maximum atomic E-state index is 12.2. The number of likely N-dealkylation sites (N-methyl/N-ethyl adjacent to an activating group) is 1. The van der Waals surface area contributed by atoms with E-state index < -0.39 is 0 Å². The third-order valence-electron chi connectivity index (χ3n) is 3.27. The Hall–Kier alpha value is -1.20. The Morgan fingerprint density at radius 2 is 2.37 bits per heavy atom. The fraction of sp³-hybridized carbons (Fsp3) is 0.500. The normalized spacial score (nSPS) is 18.4. The van der Waals surface area contributed by atoms with Crippen molar-refractivity contribution in [1.82, 2.24) is 10.2 Å². The second-order valence-electron chi connectivity index (χ2n) is 4.77. The number of aryl methyl sites for hydroxylation is 1. The van der Waals surface area contributed by atoms with E-state index in [-0.39, 0.29) is 11.9 Å². The van der Waals surface area contributed by atoms with Gasteiger partial charge in [0.25, 0.3) is 0 Å². The molecule has 1 N–H and O–H groups in total. The number of nitrogens with zero attached hydrogens (tertiary/aromatic N) is 1. The molecule has 0 bridgehead atoms. The van der Waals surface area contributed by atoms with Gasteiger partial charge in [-0.1, -0.05) is 12.1 Å². The van der Waals surface area contributed by atoms with E-state index >= 15 is 0 Å². The molecule has 0 aromatic heterocycles. The fourth-order valence-corrected chi connectivity index (χ4v) is 3.14. The highest BCUT2D eigenvalue weighted by Gasteiger charge is 2.25. The van der Waals surface area contributed by atoms with Crippen LogP contribution in [0.1, 0.15) is 11.1 Å². The summed E-state index contributed by atoms with van der Waals surface area (Å²) in [5, 5.41) is 3.20. The van der Waals surface area contributed by atoms with E-state index in [4.69, 9.17) is 4.74 Å². The van der Waals surface area contributed by atoms with Crippen molar-refractivity contribution in [1.29, 1.82) is 0 Å². The van der Waals surface area contributed by atoms with Crippen molar-refractivity contribution in [2.75, 3.05) is 25.8 Å². The number of nitrogens with one attached hydrogen (secondary N) is 1. The SMILES string of the molecule is COc1ccc(CN(C)C(=O)[C@H]2CSCN2)cc1C. The van der Waals surface area contributed by atoms with Crippen molar-refractivity contribution in [3.63, 3.8) is 0 Å². The molecule has 1 fully saturated rings. The number of hydrogen-bond acceptors (Lipinski definition) is 4.